The van der Waals surface area contributed by atoms with E-state index in [4.69, 9.17) is 5.73 Å². The third kappa shape index (κ3) is 4.71. The lowest BCUT2D eigenvalue weighted by Gasteiger charge is -2.30. The molecule has 3 rings (SSSR count). The van der Waals surface area contributed by atoms with Gasteiger partial charge in [-0.25, -0.2) is 0 Å². The van der Waals surface area contributed by atoms with Gasteiger partial charge in [0, 0.05) is 17.8 Å². The molecule has 8 heteroatoms. The van der Waals surface area contributed by atoms with Gasteiger partial charge >= 0.3 is 6.36 Å². The number of nitrogens with zero attached hydrogens (tertiary/aromatic N) is 1. The number of alkyl halides is 3. The average Bonchev–Trinajstić information content (AvgIpc) is 2.58. The van der Waals surface area contributed by atoms with Crippen molar-refractivity contribution in [3.8, 4) is 5.75 Å². The van der Waals surface area contributed by atoms with Crippen molar-refractivity contribution < 1.29 is 27.8 Å². The van der Waals surface area contributed by atoms with Crippen molar-refractivity contribution in [3.05, 3.63) is 53.6 Å². The number of aliphatic hydroxyl groups is 1. The maximum Gasteiger partial charge on any atom is 0.573 e. The van der Waals surface area contributed by atoms with Crippen LogP contribution in [-0.4, -0.2) is 30.0 Å². The summed E-state index contributed by atoms with van der Waals surface area (Å²) in [4.78, 5) is 13.2. The maximum absolute atomic E-state index is 12.3. The molecule has 144 valence electrons. The van der Waals surface area contributed by atoms with Crippen LogP contribution in [0.3, 0.4) is 0 Å². The molecule has 1 aliphatic rings. The molecule has 0 radical (unpaired) electrons. The summed E-state index contributed by atoms with van der Waals surface area (Å²) in [6.07, 6.45) is -3.43. The molecule has 0 heterocycles. The summed E-state index contributed by atoms with van der Waals surface area (Å²) in [5.74, 6) is -0.935. The highest BCUT2D eigenvalue weighted by molar-refractivity contribution is 5.84. The van der Waals surface area contributed by atoms with E-state index in [-0.39, 0.29) is 12.3 Å². The molecule has 0 saturated heterocycles. The number of ether oxygens (including phenoxy) is 1. The van der Waals surface area contributed by atoms with E-state index in [0.29, 0.717) is 30.6 Å². The second kappa shape index (κ2) is 7.48. The summed E-state index contributed by atoms with van der Waals surface area (Å²) in [5, 5.41) is 10.0. The van der Waals surface area contributed by atoms with Crippen LogP contribution < -0.4 is 15.4 Å². The third-order valence-corrected chi connectivity index (χ3v) is 4.42. The summed E-state index contributed by atoms with van der Waals surface area (Å²) in [6.45, 7) is -0.147. The molecule has 5 nitrogen and oxygen atoms in total. The minimum Gasteiger partial charge on any atom is -0.406 e. The maximum atomic E-state index is 12.3. The number of aryl methyl sites for hydroxylation is 1. The van der Waals surface area contributed by atoms with Gasteiger partial charge in [-0.2, -0.15) is 0 Å². The van der Waals surface area contributed by atoms with E-state index in [0.717, 1.165) is 11.1 Å². The van der Waals surface area contributed by atoms with Crippen LogP contribution in [0.2, 0.25) is 0 Å². The smallest absolute Gasteiger partial charge is 0.406 e. The summed E-state index contributed by atoms with van der Waals surface area (Å²) in [6, 6.07) is 10.8. The number of primary amides is 1. The number of anilines is 2. The van der Waals surface area contributed by atoms with E-state index < -0.39 is 18.4 Å². The first kappa shape index (κ1) is 19.0. The fraction of sp³-hybridized carbons (Fsp3) is 0.316. The topological polar surface area (TPSA) is 75.8 Å². The Kier molecular flexibility index (Phi) is 5.27. The molecule has 0 unspecified atom stereocenters. The van der Waals surface area contributed by atoms with E-state index in [1.165, 1.54) is 24.3 Å². The Morgan fingerprint density at radius 2 is 1.93 bits per heavy atom. The Balaban J connectivity index is 1.97. The second-order valence-electron chi connectivity index (χ2n) is 6.41. The van der Waals surface area contributed by atoms with E-state index in [2.05, 4.69) is 4.74 Å². The minimum absolute atomic E-state index is 0.147. The zero-order valence-electron chi connectivity index (χ0n) is 14.4. The summed E-state index contributed by atoms with van der Waals surface area (Å²) < 4.78 is 40.9. The molecule has 0 fully saturated rings. The Labute approximate surface area is 154 Å². The molecule has 1 aliphatic carbocycles. The molecule has 2 aromatic rings. The molecular weight excluding hydrogens is 361 g/mol. The first-order chi connectivity index (χ1) is 12.7. The van der Waals surface area contributed by atoms with E-state index in [1.807, 2.05) is 12.1 Å². The Bertz CT molecular complexity index is 822. The van der Waals surface area contributed by atoms with Crippen LogP contribution in [0.5, 0.6) is 5.75 Å². The molecule has 0 bridgehead atoms. The summed E-state index contributed by atoms with van der Waals surface area (Å²) in [5.41, 5.74) is 8.57. The fourth-order valence-corrected chi connectivity index (χ4v) is 3.30. The van der Waals surface area contributed by atoms with Gasteiger partial charge in [0.25, 0.3) is 0 Å². The Hall–Kier alpha value is -2.74. The fourth-order valence-electron chi connectivity index (χ4n) is 3.30. The predicted molar refractivity (Wildman–Crippen MR) is 93.8 cm³/mol. The van der Waals surface area contributed by atoms with Crippen molar-refractivity contribution in [1.29, 1.82) is 0 Å². The number of carbonyl (C=O) groups excluding carboxylic acids is 1. The quantitative estimate of drug-likeness (QED) is 0.836. The molecule has 1 atom stereocenters. The molecule has 1 amide bonds. The SMILES string of the molecule is NC(=O)CN(c1ccc(OC(F)(F)F)cc1)c1cccc2c1C[C@H](O)CC2. The van der Waals surface area contributed by atoms with Crippen LogP contribution in [-0.2, 0) is 17.6 Å². The molecule has 3 N–H and O–H groups in total. The standard InChI is InChI=1S/C19H19F3N2O3/c20-19(21,22)27-15-8-5-13(6-9-15)24(11-18(23)26)17-3-1-2-12-4-7-14(25)10-16(12)17/h1-3,5-6,8-9,14,25H,4,7,10-11H2,(H2,23,26)/t14-/m1/s1. The largest absolute Gasteiger partial charge is 0.573 e. The first-order valence-electron chi connectivity index (χ1n) is 8.43. The first-order valence-corrected chi connectivity index (χ1v) is 8.43. The number of hydrogen-bond donors (Lipinski definition) is 2. The monoisotopic (exact) mass is 380 g/mol. The van der Waals surface area contributed by atoms with Crippen LogP contribution >= 0.6 is 0 Å². The summed E-state index contributed by atoms with van der Waals surface area (Å²) >= 11 is 0. The van der Waals surface area contributed by atoms with Gasteiger partial charge in [0.2, 0.25) is 5.91 Å². The second-order valence-corrected chi connectivity index (χ2v) is 6.41. The average molecular weight is 380 g/mol. The lowest BCUT2D eigenvalue weighted by Crippen LogP contribution is -2.32. The molecule has 0 aliphatic heterocycles. The number of aliphatic hydroxyl groups excluding tert-OH is 1. The number of fused-ring (bicyclic) bond motifs is 1. The number of nitrogens with two attached hydrogens (primary N) is 1. The van der Waals surface area contributed by atoms with Gasteiger partial charge in [0.1, 0.15) is 12.3 Å². The van der Waals surface area contributed by atoms with Crippen LogP contribution in [0.4, 0.5) is 24.5 Å². The molecule has 0 spiro atoms. The Morgan fingerprint density at radius 1 is 1.22 bits per heavy atom. The number of benzene rings is 2. The number of carbonyl (C=O) groups is 1. The van der Waals surface area contributed by atoms with Gasteiger partial charge in [0.05, 0.1) is 6.10 Å². The Morgan fingerprint density at radius 3 is 2.56 bits per heavy atom. The predicted octanol–water partition coefficient (Wildman–Crippen LogP) is 3.06. The van der Waals surface area contributed by atoms with Gasteiger partial charge in [0.15, 0.2) is 0 Å². The van der Waals surface area contributed by atoms with Gasteiger partial charge < -0.3 is 20.5 Å². The number of rotatable bonds is 5. The normalized spacial score (nSPS) is 16.5. The van der Waals surface area contributed by atoms with Crippen molar-refractivity contribution in [3.63, 3.8) is 0 Å². The molecule has 0 aromatic heterocycles. The highest BCUT2D eigenvalue weighted by Gasteiger charge is 2.31. The van der Waals surface area contributed by atoms with Crippen LogP contribution in [0.1, 0.15) is 17.5 Å². The zero-order valence-corrected chi connectivity index (χ0v) is 14.4. The number of hydrogen-bond acceptors (Lipinski definition) is 4. The van der Waals surface area contributed by atoms with Gasteiger partial charge in [-0.3, -0.25) is 4.79 Å². The number of halogens is 3. The van der Waals surface area contributed by atoms with Crippen LogP contribution in [0.25, 0.3) is 0 Å². The van der Waals surface area contributed by atoms with Crippen LogP contribution in [0, 0.1) is 0 Å². The van der Waals surface area contributed by atoms with Crippen molar-refractivity contribution in [2.45, 2.75) is 31.7 Å². The van der Waals surface area contributed by atoms with Crippen LogP contribution in [0.15, 0.2) is 42.5 Å². The van der Waals surface area contributed by atoms with Crippen molar-refractivity contribution in [2.75, 3.05) is 11.4 Å². The zero-order chi connectivity index (χ0) is 19.6. The van der Waals surface area contributed by atoms with Gasteiger partial charge in [-0.15, -0.1) is 13.2 Å². The molecular formula is C19H19F3N2O3. The van der Waals surface area contributed by atoms with E-state index in [9.17, 15) is 23.1 Å². The minimum atomic E-state index is -4.77. The molecule has 27 heavy (non-hydrogen) atoms. The molecule has 2 aromatic carbocycles. The van der Waals surface area contributed by atoms with E-state index in [1.54, 1.807) is 11.0 Å². The third-order valence-electron chi connectivity index (χ3n) is 4.42. The van der Waals surface area contributed by atoms with Gasteiger partial charge in [-0.1, -0.05) is 12.1 Å². The van der Waals surface area contributed by atoms with Crippen molar-refractivity contribution >= 4 is 17.3 Å². The lowest BCUT2D eigenvalue weighted by atomic mass is 9.88. The van der Waals surface area contributed by atoms with Crippen molar-refractivity contribution in [2.24, 2.45) is 5.73 Å². The molecule has 0 saturated carbocycles. The number of amides is 1. The van der Waals surface area contributed by atoms with Gasteiger partial charge in [-0.05, 0) is 54.3 Å². The van der Waals surface area contributed by atoms with Crippen molar-refractivity contribution in [1.82, 2.24) is 0 Å². The highest BCUT2D eigenvalue weighted by Crippen LogP contribution is 2.35. The van der Waals surface area contributed by atoms with E-state index >= 15 is 0 Å². The lowest BCUT2D eigenvalue weighted by molar-refractivity contribution is -0.274. The highest BCUT2D eigenvalue weighted by atomic mass is 19.4. The summed E-state index contributed by atoms with van der Waals surface area (Å²) in [7, 11) is 0.